The largest absolute Gasteiger partial charge is 0.376 e. The topological polar surface area (TPSA) is 39.1 Å². The summed E-state index contributed by atoms with van der Waals surface area (Å²) in [7, 11) is 0. The maximum atomic E-state index is 5.42. The Morgan fingerprint density at radius 3 is 2.90 bits per heavy atom. The summed E-state index contributed by atoms with van der Waals surface area (Å²) >= 11 is 0. The van der Waals surface area contributed by atoms with Gasteiger partial charge in [-0.05, 0) is 19.1 Å². The fourth-order valence-corrected chi connectivity index (χ4v) is 1.80. The van der Waals surface area contributed by atoms with Gasteiger partial charge >= 0.3 is 0 Å². The van der Waals surface area contributed by atoms with Gasteiger partial charge in [0, 0.05) is 24.8 Å². The molecule has 1 aromatic carbocycles. The molecule has 0 atom stereocenters. The van der Waals surface area contributed by atoms with Crippen LogP contribution >= 0.6 is 0 Å². The second-order valence-corrected chi connectivity index (χ2v) is 4.82. The van der Waals surface area contributed by atoms with Gasteiger partial charge in [0.25, 0.3) is 0 Å². The fraction of sp³-hybridized carbons (Fsp3) is 0.312. The van der Waals surface area contributed by atoms with E-state index in [4.69, 9.17) is 4.74 Å². The Bertz CT molecular complexity index is 534. The highest BCUT2D eigenvalue weighted by Gasteiger charge is 2.00. The van der Waals surface area contributed by atoms with E-state index in [-0.39, 0.29) is 0 Å². The first-order valence-corrected chi connectivity index (χ1v) is 6.77. The normalized spacial score (nSPS) is 10.7. The van der Waals surface area contributed by atoms with E-state index in [0.29, 0.717) is 13.2 Å². The maximum Gasteiger partial charge on any atom is 0.0672 e. The number of aromatic nitrogens is 2. The summed E-state index contributed by atoms with van der Waals surface area (Å²) in [6, 6.07) is 10.1. The molecule has 0 aliphatic heterocycles. The summed E-state index contributed by atoms with van der Waals surface area (Å²) in [5.74, 6) is 0. The molecule has 4 nitrogen and oxygen atoms in total. The summed E-state index contributed by atoms with van der Waals surface area (Å²) in [6.45, 7) is 8.70. The molecule has 0 saturated heterocycles. The number of nitrogens with zero attached hydrogens (tertiary/aromatic N) is 2. The Morgan fingerprint density at radius 1 is 1.35 bits per heavy atom. The van der Waals surface area contributed by atoms with Crippen molar-refractivity contribution in [1.82, 2.24) is 15.1 Å². The van der Waals surface area contributed by atoms with Gasteiger partial charge in [0.05, 0.1) is 25.1 Å². The van der Waals surface area contributed by atoms with E-state index in [1.807, 2.05) is 54.3 Å². The van der Waals surface area contributed by atoms with Crippen molar-refractivity contribution in [2.75, 3.05) is 19.8 Å². The van der Waals surface area contributed by atoms with E-state index < -0.39 is 0 Å². The van der Waals surface area contributed by atoms with Crippen LogP contribution in [0.2, 0.25) is 0 Å². The Kier molecular flexibility index (Phi) is 5.53. The number of nitrogens with one attached hydrogen (secondary N) is 1. The van der Waals surface area contributed by atoms with Gasteiger partial charge in [0.1, 0.15) is 0 Å². The lowest BCUT2D eigenvalue weighted by Crippen LogP contribution is -2.19. The van der Waals surface area contributed by atoms with Crippen molar-refractivity contribution >= 4 is 0 Å². The molecule has 0 bridgehead atoms. The Labute approximate surface area is 120 Å². The van der Waals surface area contributed by atoms with Gasteiger partial charge in [-0.15, -0.1) is 0 Å². The molecule has 106 valence electrons. The smallest absolute Gasteiger partial charge is 0.0672 e. The van der Waals surface area contributed by atoms with Crippen LogP contribution < -0.4 is 5.32 Å². The quantitative estimate of drug-likeness (QED) is 0.592. The van der Waals surface area contributed by atoms with E-state index in [0.717, 1.165) is 29.9 Å². The minimum atomic E-state index is 0.633. The highest BCUT2D eigenvalue weighted by Crippen LogP contribution is 2.07. The van der Waals surface area contributed by atoms with E-state index in [1.54, 1.807) is 0 Å². The van der Waals surface area contributed by atoms with Crippen LogP contribution in [0.3, 0.4) is 0 Å². The fourth-order valence-electron chi connectivity index (χ4n) is 1.80. The third kappa shape index (κ3) is 4.64. The molecule has 0 unspecified atom stereocenters. The van der Waals surface area contributed by atoms with Crippen LogP contribution in [0.4, 0.5) is 0 Å². The van der Waals surface area contributed by atoms with Crippen molar-refractivity contribution in [3.05, 3.63) is 60.4 Å². The van der Waals surface area contributed by atoms with E-state index in [2.05, 4.69) is 17.0 Å². The zero-order valence-corrected chi connectivity index (χ0v) is 11.9. The number of hydrogen-bond donors (Lipinski definition) is 1. The molecular weight excluding hydrogens is 250 g/mol. The number of ether oxygens (including phenoxy) is 1. The van der Waals surface area contributed by atoms with Gasteiger partial charge in [0.15, 0.2) is 0 Å². The molecule has 2 aromatic rings. The molecule has 0 saturated carbocycles. The zero-order chi connectivity index (χ0) is 14.2. The van der Waals surface area contributed by atoms with Gasteiger partial charge in [-0.3, -0.25) is 0 Å². The summed E-state index contributed by atoms with van der Waals surface area (Å²) in [5, 5.41) is 7.69. The van der Waals surface area contributed by atoms with Gasteiger partial charge in [0.2, 0.25) is 0 Å². The molecule has 4 heteroatoms. The van der Waals surface area contributed by atoms with Crippen molar-refractivity contribution in [2.24, 2.45) is 0 Å². The van der Waals surface area contributed by atoms with Crippen molar-refractivity contribution < 1.29 is 4.74 Å². The Morgan fingerprint density at radius 2 is 2.15 bits per heavy atom. The van der Waals surface area contributed by atoms with Gasteiger partial charge in [-0.25, -0.2) is 4.68 Å². The van der Waals surface area contributed by atoms with E-state index >= 15 is 0 Å². The van der Waals surface area contributed by atoms with Crippen LogP contribution in [0.1, 0.15) is 12.5 Å². The minimum absolute atomic E-state index is 0.633. The van der Waals surface area contributed by atoms with Crippen molar-refractivity contribution in [2.45, 2.75) is 13.5 Å². The highest BCUT2D eigenvalue weighted by atomic mass is 16.5. The molecule has 0 fully saturated rings. The maximum absolute atomic E-state index is 5.42. The standard InChI is InChI=1S/C16H21N3O/c1-14(2)13-20-9-8-17-10-15-11-18-19(12-15)16-6-4-3-5-7-16/h3-7,11-12,17H,1,8-10,13H2,2H3. The molecule has 1 N–H and O–H groups in total. The zero-order valence-electron chi connectivity index (χ0n) is 11.9. The van der Waals surface area contributed by atoms with Gasteiger partial charge in [-0.2, -0.15) is 5.10 Å². The second kappa shape index (κ2) is 7.62. The second-order valence-electron chi connectivity index (χ2n) is 4.82. The van der Waals surface area contributed by atoms with E-state index in [9.17, 15) is 0 Å². The molecule has 0 spiro atoms. The van der Waals surface area contributed by atoms with Crippen molar-refractivity contribution in [3.8, 4) is 5.69 Å². The lowest BCUT2D eigenvalue weighted by Gasteiger charge is -2.04. The lowest BCUT2D eigenvalue weighted by molar-refractivity contribution is 0.158. The lowest BCUT2D eigenvalue weighted by atomic mass is 10.3. The molecule has 0 radical (unpaired) electrons. The molecule has 20 heavy (non-hydrogen) atoms. The number of para-hydroxylation sites is 1. The first-order valence-electron chi connectivity index (χ1n) is 6.77. The monoisotopic (exact) mass is 271 g/mol. The SMILES string of the molecule is C=C(C)COCCNCc1cnn(-c2ccccc2)c1. The van der Waals surface area contributed by atoms with Crippen LogP contribution in [0.25, 0.3) is 5.69 Å². The molecular formula is C16H21N3O. The first kappa shape index (κ1) is 14.5. The molecule has 0 amide bonds. The third-order valence-electron chi connectivity index (χ3n) is 2.76. The van der Waals surface area contributed by atoms with Crippen LogP contribution in [-0.2, 0) is 11.3 Å². The van der Waals surface area contributed by atoms with E-state index in [1.165, 1.54) is 0 Å². The summed E-state index contributed by atoms with van der Waals surface area (Å²) < 4.78 is 7.31. The number of benzene rings is 1. The summed E-state index contributed by atoms with van der Waals surface area (Å²) in [4.78, 5) is 0. The number of rotatable bonds is 8. The van der Waals surface area contributed by atoms with Crippen LogP contribution in [0.15, 0.2) is 54.9 Å². The summed E-state index contributed by atoms with van der Waals surface area (Å²) in [5.41, 5.74) is 3.28. The number of hydrogen-bond acceptors (Lipinski definition) is 3. The average molecular weight is 271 g/mol. The molecule has 0 aliphatic rings. The molecule has 1 heterocycles. The Hall–Kier alpha value is -1.91. The third-order valence-corrected chi connectivity index (χ3v) is 2.76. The average Bonchev–Trinajstić information content (AvgIpc) is 2.92. The highest BCUT2D eigenvalue weighted by molar-refractivity contribution is 5.30. The Balaban J connectivity index is 1.72. The first-order chi connectivity index (χ1) is 9.75. The predicted octanol–water partition coefficient (Wildman–Crippen LogP) is 2.55. The van der Waals surface area contributed by atoms with Crippen LogP contribution in [-0.4, -0.2) is 29.5 Å². The van der Waals surface area contributed by atoms with Crippen molar-refractivity contribution in [3.63, 3.8) is 0 Å². The molecule has 2 rings (SSSR count). The van der Waals surface area contributed by atoms with Crippen LogP contribution in [0.5, 0.6) is 0 Å². The van der Waals surface area contributed by atoms with Gasteiger partial charge < -0.3 is 10.1 Å². The molecule has 1 aromatic heterocycles. The van der Waals surface area contributed by atoms with Gasteiger partial charge in [-0.1, -0.05) is 30.4 Å². The minimum Gasteiger partial charge on any atom is -0.376 e. The van der Waals surface area contributed by atoms with Crippen LogP contribution in [0, 0.1) is 0 Å². The summed E-state index contributed by atoms with van der Waals surface area (Å²) in [6.07, 6.45) is 3.92. The molecule has 0 aliphatic carbocycles. The van der Waals surface area contributed by atoms with Crippen molar-refractivity contribution in [1.29, 1.82) is 0 Å². The predicted molar refractivity (Wildman–Crippen MR) is 80.9 cm³/mol.